The van der Waals surface area contributed by atoms with Gasteiger partial charge in [-0.1, -0.05) is 6.92 Å². The molecule has 0 amide bonds. The number of halogens is 1. The summed E-state index contributed by atoms with van der Waals surface area (Å²) in [6.45, 7) is 7.74. The van der Waals surface area contributed by atoms with Gasteiger partial charge < -0.3 is 10.6 Å². The van der Waals surface area contributed by atoms with E-state index in [1.165, 1.54) is 0 Å². The van der Waals surface area contributed by atoms with Crippen LogP contribution in [0.1, 0.15) is 34.1 Å². The van der Waals surface area contributed by atoms with Crippen molar-refractivity contribution in [2.75, 3.05) is 19.3 Å². The van der Waals surface area contributed by atoms with Crippen LogP contribution in [0, 0.1) is 5.92 Å². The molecule has 1 aliphatic rings. The second-order valence-corrected chi connectivity index (χ2v) is 8.76. The number of nitrogens with one attached hydrogen (secondary N) is 2. The van der Waals surface area contributed by atoms with Gasteiger partial charge in [-0.3, -0.25) is 4.99 Å². The fourth-order valence-electron chi connectivity index (χ4n) is 1.50. The molecule has 0 heterocycles. The predicted molar refractivity (Wildman–Crippen MR) is 91.0 cm³/mol. The molecule has 114 valence electrons. The first-order chi connectivity index (χ1) is 8.17. The number of sulfone groups is 1. The Labute approximate surface area is 134 Å². The van der Waals surface area contributed by atoms with Crippen LogP contribution in [0.25, 0.3) is 0 Å². The van der Waals surface area contributed by atoms with Crippen LogP contribution < -0.4 is 10.6 Å². The fraction of sp³-hybridized carbons (Fsp3) is 0.917. The molecule has 0 radical (unpaired) electrons. The molecule has 19 heavy (non-hydrogen) atoms. The number of guanidine groups is 1. The van der Waals surface area contributed by atoms with Crippen LogP contribution in [-0.4, -0.2) is 44.5 Å². The Morgan fingerprint density at radius 2 is 1.89 bits per heavy atom. The summed E-state index contributed by atoms with van der Waals surface area (Å²) in [5.74, 6) is 1.49. The first-order valence-corrected chi connectivity index (χ1v) is 8.02. The molecule has 2 unspecified atom stereocenters. The van der Waals surface area contributed by atoms with E-state index in [9.17, 15) is 8.42 Å². The first kappa shape index (κ1) is 18.9. The topological polar surface area (TPSA) is 70.6 Å². The molecule has 1 aliphatic carbocycles. The average Bonchev–Trinajstić information content (AvgIpc) is 2.91. The Morgan fingerprint density at radius 1 is 1.37 bits per heavy atom. The molecule has 0 aromatic carbocycles. The van der Waals surface area contributed by atoms with Gasteiger partial charge in [-0.15, -0.1) is 24.0 Å². The van der Waals surface area contributed by atoms with E-state index in [4.69, 9.17) is 0 Å². The number of hydrogen-bond acceptors (Lipinski definition) is 3. The van der Waals surface area contributed by atoms with E-state index >= 15 is 0 Å². The van der Waals surface area contributed by atoms with Gasteiger partial charge in [0, 0.05) is 19.6 Å². The van der Waals surface area contributed by atoms with E-state index in [0.29, 0.717) is 24.5 Å². The lowest BCUT2D eigenvalue weighted by Gasteiger charge is -2.19. The number of hydrogen-bond donors (Lipinski definition) is 2. The van der Waals surface area contributed by atoms with Crippen LogP contribution in [-0.2, 0) is 9.84 Å². The van der Waals surface area contributed by atoms with Gasteiger partial charge >= 0.3 is 0 Å². The van der Waals surface area contributed by atoms with Crippen LogP contribution >= 0.6 is 24.0 Å². The second-order valence-electron chi connectivity index (χ2n) is 5.89. The molecule has 2 N–H and O–H groups in total. The monoisotopic (exact) mass is 403 g/mol. The van der Waals surface area contributed by atoms with Crippen molar-refractivity contribution in [1.82, 2.24) is 10.6 Å². The van der Waals surface area contributed by atoms with Crippen LogP contribution in [0.3, 0.4) is 0 Å². The van der Waals surface area contributed by atoms with Gasteiger partial charge in [0.05, 0.1) is 10.5 Å². The van der Waals surface area contributed by atoms with E-state index in [1.54, 1.807) is 27.8 Å². The number of aliphatic imine (C=N–C) groups is 1. The van der Waals surface area contributed by atoms with Crippen molar-refractivity contribution in [3.05, 3.63) is 0 Å². The van der Waals surface area contributed by atoms with Gasteiger partial charge in [0.15, 0.2) is 15.8 Å². The Hall–Kier alpha value is -0.0500. The van der Waals surface area contributed by atoms with Gasteiger partial charge in [-0.05, 0) is 33.1 Å². The summed E-state index contributed by atoms with van der Waals surface area (Å²) in [5, 5.41) is 6.31. The zero-order chi connectivity index (χ0) is 14.0. The highest BCUT2D eigenvalue weighted by Gasteiger charge is 2.33. The Balaban J connectivity index is 0.00000324. The Bertz CT molecular complexity index is 415. The molecular weight excluding hydrogens is 377 g/mol. The molecule has 1 saturated carbocycles. The summed E-state index contributed by atoms with van der Waals surface area (Å²) in [7, 11) is -1.38. The minimum atomic E-state index is -3.07. The predicted octanol–water partition coefficient (Wildman–Crippen LogP) is 1.39. The number of nitrogens with zero attached hydrogens (tertiary/aromatic N) is 1. The number of rotatable bonds is 4. The molecule has 0 aromatic heterocycles. The van der Waals surface area contributed by atoms with Crippen molar-refractivity contribution in [2.24, 2.45) is 10.9 Å². The molecular formula is C12H26IN3O2S. The normalized spacial score (nSPS) is 23.5. The third-order valence-electron chi connectivity index (χ3n) is 3.25. The Morgan fingerprint density at radius 3 is 2.26 bits per heavy atom. The highest BCUT2D eigenvalue weighted by molar-refractivity contribution is 14.0. The van der Waals surface area contributed by atoms with Crippen molar-refractivity contribution in [1.29, 1.82) is 0 Å². The molecule has 1 fully saturated rings. The van der Waals surface area contributed by atoms with Crippen LogP contribution in [0.4, 0.5) is 0 Å². The highest BCUT2D eigenvalue weighted by atomic mass is 127. The van der Waals surface area contributed by atoms with Crippen molar-refractivity contribution in [3.8, 4) is 0 Å². The van der Waals surface area contributed by atoms with Gasteiger partial charge in [-0.2, -0.15) is 0 Å². The fourth-order valence-corrected chi connectivity index (χ4v) is 2.49. The standard InChI is InChI=1S/C12H25N3O2S.HI/c1-9-8-10(9)15-11(13-5)14-6-7-18(16,17)12(2,3)4;/h9-10H,6-8H2,1-5H3,(H2,13,14,15);1H. The summed E-state index contributed by atoms with van der Waals surface area (Å²) >= 11 is 0. The quantitative estimate of drug-likeness (QED) is 0.423. The highest BCUT2D eigenvalue weighted by Crippen LogP contribution is 2.28. The largest absolute Gasteiger partial charge is 0.355 e. The van der Waals surface area contributed by atoms with E-state index in [-0.39, 0.29) is 29.7 Å². The molecule has 0 aliphatic heterocycles. The van der Waals surface area contributed by atoms with E-state index < -0.39 is 14.6 Å². The van der Waals surface area contributed by atoms with Gasteiger partial charge in [0.25, 0.3) is 0 Å². The second kappa shape index (κ2) is 7.10. The molecule has 7 heteroatoms. The smallest absolute Gasteiger partial charge is 0.191 e. The molecule has 0 aromatic rings. The maximum Gasteiger partial charge on any atom is 0.191 e. The van der Waals surface area contributed by atoms with E-state index in [0.717, 1.165) is 6.42 Å². The van der Waals surface area contributed by atoms with Crippen molar-refractivity contribution in [3.63, 3.8) is 0 Å². The summed E-state index contributed by atoms with van der Waals surface area (Å²) in [6.07, 6.45) is 1.15. The summed E-state index contributed by atoms with van der Waals surface area (Å²) in [5.41, 5.74) is 0. The van der Waals surface area contributed by atoms with Gasteiger partial charge in [0.1, 0.15) is 0 Å². The summed E-state index contributed by atoms with van der Waals surface area (Å²) in [6, 6.07) is 0.482. The lowest BCUT2D eigenvalue weighted by molar-refractivity contribution is 0.559. The van der Waals surface area contributed by atoms with Crippen molar-refractivity contribution in [2.45, 2.75) is 44.9 Å². The van der Waals surface area contributed by atoms with E-state index in [2.05, 4.69) is 22.5 Å². The SMILES string of the molecule is CN=C(NCCS(=O)(=O)C(C)(C)C)NC1CC1C.I. The van der Waals surface area contributed by atoms with Gasteiger partial charge in [-0.25, -0.2) is 8.42 Å². The zero-order valence-corrected chi connectivity index (χ0v) is 15.5. The third kappa shape index (κ3) is 5.85. The lowest BCUT2D eigenvalue weighted by Crippen LogP contribution is -2.42. The molecule has 2 atom stereocenters. The molecule has 5 nitrogen and oxygen atoms in total. The van der Waals surface area contributed by atoms with Crippen LogP contribution in [0.2, 0.25) is 0 Å². The maximum atomic E-state index is 11.9. The third-order valence-corrected chi connectivity index (χ3v) is 5.86. The Kier molecular flexibility index (Phi) is 7.08. The van der Waals surface area contributed by atoms with Crippen LogP contribution in [0.5, 0.6) is 0 Å². The maximum absolute atomic E-state index is 11.9. The minimum Gasteiger partial charge on any atom is -0.355 e. The first-order valence-electron chi connectivity index (χ1n) is 6.37. The van der Waals surface area contributed by atoms with Crippen LogP contribution in [0.15, 0.2) is 4.99 Å². The molecule has 0 bridgehead atoms. The zero-order valence-electron chi connectivity index (χ0n) is 12.4. The average molecular weight is 403 g/mol. The van der Waals surface area contributed by atoms with Crippen molar-refractivity contribution < 1.29 is 8.42 Å². The summed E-state index contributed by atoms with van der Waals surface area (Å²) < 4.78 is 23.1. The molecule has 0 saturated heterocycles. The van der Waals surface area contributed by atoms with Gasteiger partial charge in [0.2, 0.25) is 0 Å². The lowest BCUT2D eigenvalue weighted by atomic mass is 10.3. The van der Waals surface area contributed by atoms with E-state index in [1.807, 2.05) is 0 Å². The van der Waals surface area contributed by atoms with Crippen molar-refractivity contribution >= 4 is 39.8 Å². The minimum absolute atomic E-state index is 0. The molecule has 1 rings (SSSR count). The molecule has 0 spiro atoms. The summed E-state index contributed by atoms with van der Waals surface area (Å²) in [4.78, 5) is 4.08.